The van der Waals surface area contributed by atoms with Crippen LogP contribution in [0.3, 0.4) is 0 Å². The highest BCUT2D eigenvalue weighted by Crippen LogP contribution is 2.38. The fraction of sp³-hybridized carbons (Fsp3) is 0.318. The lowest BCUT2D eigenvalue weighted by molar-refractivity contribution is 0.0954. The molecule has 27 heavy (non-hydrogen) atoms. The highest BCUT2D eigenvalue weighted by Gasteiger charge is 2.26. The van der Waals surface area contributed by atoms with Crippen molar-refractivity contribution in [2.45, 2.75) is 26.1 Å². The van der Waals surface area contributed by atoms with Gasteiger partial charge < -0.3 is 14.8 Å². The third-order valence-corrected chi connectivity index (χ3v) is 6.92. The number of hydrogen-bond donors (Lipinski definition) is 1. The van der Waals surface area contributed by atoms with E-state index in [2.05, 4.69) is 37.1 Å². The number of carbonyl (C=O) groups is 1. The molecule has 0 radical (unpaired) electrons. The van der Waals surface area contributed by atoms with E-state index in [0.717, 1.165) is 29.0 Å². The van der Waals surface area contributed by atoms with Crippen molar-refractivity contribution in [3.05, 3.63) is 58.7 Å². The Morgan fingerprint density at radius 2 is 1.63 bits per heavy atom. The van der Waals surface area contributed by atoms with Crippen molar-refractivity contribution >= 4 is 25.3 Å². The summed E-state index contributed by atoms with van der Waals surface area (Å²) in [4.78, 5) is 12.6. The summed E-state index contributed by atoms with van der Waals surface area (Å²) in [7, 11) is 1.59. The van der Waals surface area contributed by atoms with Gasteiger partial charge in [-0.05, 0) is 41.3 Å². The van der Waals surface area contributed by atoms with E-state index in [1.54, 1.807) is 14.2 Å². The van der Waals surface area contributed by atoms with E-state index in [4.69, 9.17) is 9.47 Å². The molecule has 0 bridgehead atoms. The molecule has 0 aromatic heterocycles. The topological polar surface area (TPSA) is 47.6 Å². The van der Waals surface area contributed by atoms with Gasteiger partial charge in [0.05, 0.1) is 22.3 Å². The van der Waals surface area contributed by atoms with Gasteiger partial charge in [0, 0.05) is 12.1 Å². The Hall–Kier alpha value is -2.53. The molecule has 0 unspecified atom stereocenters. The maximum Gasteiger partial charge on any atom is 0.251 e. The average molecular weight is 382 g/mol. The minimum absolute atomic E-state index is 0.0271. The normalized spacial score (nSPS) is 16.3. The lowest BCUT2D eigenvalue weighted by Crippen LogP contribution is -2.29. The molecule has 0 saturated heterocycles. The minimum Gasteiger partial charge on any atom is -0.493 e. The zero-order valence-corrected chi connectivity index (χ0v) is 17.7. The van der Waals surface area contributed by atoms with Crippen LogP contribution in [0.1, 0.15) is 27.0 Å². The van der Waals surface area contributed by atoms with Gasteiger partial charge in [-0.1, -0.05) is 49.1 Å². The summed E-state index contributed by atoms with van der Waals surface area (Å²) in [6, 6.07) is 11.9. The van der Waals surface area contributed by atoms with Crippen LogP contribution < -0.4 is 14.8 Å². The van der Waals surface area contributed by atoms with Crippen molar-refractivity contribution in [1.29, 1.82) is 0 Å². The lowest BCUT2D eigenvalue weighted by atomic mass is 9.98. The molecule has 0 spiro atoms. The van der Waals surface area contributed by atoms with Crippen LogP contribution in [0.15, 0.2) is 36.4 Å². The highest BCUT2D eigenvalue weighted by atomic mass is 28.3. The molecule has 0 fully saturated rings. The van der Waals surface area contributed by atoms with Gasteiger partial charge in [0.15, 0.2) is 11.5 Å². The zero-order valence-electron chi connectivity index (χ0n) is 16.7. The van der Waals surface area contributed by atoms with Gasteiger partial charge in [0.2, 0.25) is 0 Å². The fourth-order valence-corrected chi connectivity index (χ4v) is 5.10. The molecule has 1 amide bonds. The molecule has 3 rings (SSSR count). The third kappa shape index (κ3) is 3.93. The van der Waals surface area contributed by atoms with Gasteiger partial charge in [-0.3, -0.25) is 4.79 Å². The van der Waals surface area contributed by atoms with Crippen LogP contribution in [0.25, 0.3) is 11.3 Å². The molecular formula is C22H27NO3Si. The van der Waals surface area contributed by atoms with Crippen molar-refractivity contribution < 1.29 is 14.3 Å². The van der Waals surface area contributed by atoms with Crippen LogP contribution in [0, 0.1) is 0 Å². The third-order valence-electron chi connectivity index (χ3n) is 4.89. The molecule has 1 heterocycles. The number of carbonyl (C=O) groups excluding carboxylic acids is 1. The number of benzene rings is 2. The van der Waals surface area contributed by atoms with E-state index in [-0.39, 0.29) is 5.91 Å². The van der Waals surface area contributed by atoms with Crippen LogP contribution >= 0.6 is 0 Å². The van der Waals surface area contributed by atoms with E-state index in [9.17, 15) is 4.79 Å². The maximum absolute atomic E-state index is 12.6. The summed E-state index contributed by atoms with van der Waals surface area (Å²) in [6.07, 6.45) is 2.93. The summed E-state index contributed by atoms with van der Waals surface area (Å²) in [5.41, 5.74) is 4.03. The summed E-state index contributed by atoms with van der Waals surface area (Å²) in [5.74, 6) is 1.42. The predicted octanol–water partition coefficient (Wildman–Crippen LogP) is 4.41. The van der Waals surface area contributed by atoms with Crippen molar-refractivity contribution in [2.75, 3.05) is 20.8 Å². The lowest BCUT2D eigenvalue weighted by Gasteiger charge is -2.26. The van der Waals surface area contributed by atoms with Gasteiger partial charge in [-0.15, -0.1) is 0 Å². The van der Waals surface area contributed by atoms with E-state index >= 15 is 0 Å². The summed E-state index contributed by atoms with van der Waals surface area (Å²) < 4.78 is 11.1. The van der Waals surface area contributed by atoms with Gasteiger partial charge in [-0.25, -0.2) is 0 Å². The largest absolute Gasteiger partial charge is 0.493 e. The minimum atomic E-state index is -1.72. The SMILES string of the molecule is COc1cc2c(cc1OC)/C([Si](C)(C)C)=C/c1ccccc1C(=O)NCC2. The van der Waals surface area contributed by atoms with E-state index in [1.165, 1.54) is 16.3 Å². The van der Waals surface area contributed by atoms with Crippen LogP contribution in [0.2, 0.25) is 19.6 Å². The fourth-order valence-electron chi connectivity index (χ4n) is 3.47. The molecule has 1 N–H and O–H groups in total. The first-order chi connectivity index (χ1) is 12.8. The molecule has 0 aliphatic carbocycles. The Morgan fingerprint density at radius 1 is 0.963 bits per heavy atom. The summed E-state index contributed by atoms with van der Waals surface area (Å²) in [5, 5.41) is 4.35. The standard InChI is InChI=1S/C22H27NO3Si/c1-25-19-12-16-10-11-23-22(24)17-9-7-6-8-15(17)13-21(27(3,4)5)18(16)14-20(19)26-2/h6-9,12-14H,10-11H2,1-5H3,(H,23,24)/b21-13-. The van der Waals surface area contributed by atoms with Crippen molar-refractivity contribution in [2.24, 2.45) is 0 Å². The number of methoxy groups -OCH3 is 2. The van der Waals surface area contributed by atoms with Crippen molar-refractivity contribution in [3.8, 4) is 11.5 Å². The molecule has 142 valence electrons. The zero-order chi connectivity index (χ0) is 19.6. The van der Waals surface area contributed by atoms with Crippen LogP contribution in [-0.4, -0.2) is 34.7 Å². The van der Waals surface area contributed by atoms with Crippen LogP contribution in [-0.2, 0) is 6.42 Å². The first-order valence-electron chi connectivity index (χ1n) is 9.20. The molecular weight excluding hydrogens is 354 g/mol. The second kappa shape index (κ2) is 7.60. The number of nitrogens with one attached hydrogen (secondary N) is 1. The number of amides is 1. The Morgan fingerprint density at radius 3 is 2.30 bits per heavy atom. The van der Waals surface area contributed by atoms with Gasteiger partial charge in [0.1, 0.15) is 0 Å². The van der Waals surface area contributed by atoms with E-state index < -0.39 is 8.07 Å². The number of rotatable bonds is 3. The Balaban J connectivity index is 2.32. The average Bonchev–Trinajstić information content (AvgIpc) is 2.64. The second-order valence-corrected chi connectivity index (χ2v) is 12.8. The number of hydrogen-bond acceptors (Lipinski definition) is 3. The second-order valence-electron chi connectivity index (χ2n) is 7.77. The Kier molecular flexibility index (Phi) is 5.42. The molecule has 0 saturated carbocycles. The summed E-state index contributed by atoms with van der Waals surface area (Å²) >= 11 is 0. The van der Waals surface area contributed by atoms with Crippen molar-refractivity contribution in [1.82, 2.24) is 5.32 Å². The van der Waals surface area contributed by atoms with Gasteiger partial charge in [-0.2, -0.15) is 0 Å². The molecule has 4 nitrogen and oxygen atoms in total. The van der Waals surface area contributed by atoms with E-state index in [1.807, 2.05) is 30.3 Å². The smallest absolute Gasteiger partial charge is 0.251 e. The van der Waals surface area contributed by atoms with Crippen LogP contribution in [0.4, 0.5) is 0 Å². The molecule has 0 atom stereocenters. The van der Waals surface area contributed by atoms with E-state index in [0.29, 0.717) is 6.54 Å². The molecule has 5 heteroatoms. The monoisotopic (exact) mass is 381 g/mol. The predicted molar refractivity (Wildman–Crippen MR) is 113 cm³/mol. The molecule has 1 aliphatic heterocycles. The molecule has 2 aromatic carbocycles. The number of fused-ring (bicyclic) bond motifs is 2. The Bertz CT molecular complexity index is 897. The van der Waals surface area contributed by atoms with Crippen LogP contribution in [0.5, 0.6) is 11.5 Å². The highest BCUT2D eigenvalue weighted by molar-refractivity contribution is 6.94. The molecule has 2 aromatic rings. The first kappa shape index (κ1) is 19.2. The molecule has 1 aliphatic rings. The van der Waals surface area contributed by atoms with Gasteiger partial charge in [0.25, 0.3) is 5.91 Å². The van der Waals surface area contributed by atoms with Gasteiger partial charge >= 0.3 is 0 Å². The quantitative estimate of drug-likeness (QED) is 0.801. The summed E-state index contributed by atoms with van der Waals surface area (Å²) in [6.45, 7) is 7.56. The number of ether oxygens (including phenoxy) is 2. The van der Waals surface area contributed by atoms with Crippen molar-refractivity contribution in [3.63, 3.8) is 0 Å². The maximum atomic E-state index is 12.6. The Labute approximate surface area is 162 Å². The first-order valence-corrected chi connectivity index (χ1v) is 12.7.